The number of methoxy groups -OCH3 is 1. The molecule has 3 aromatic carbocycles. The molecule has 4 aromatic rings. The fourth-order valence-electron chi connectivity index (χ4n) is 4.85. The van der Waals surface area contributed by atoms with Crippen molar-refractivity contribution >= 4 is 34.1 Å². The number of hydrogen-bond donors (Lipinski definition) is 1. The van der Waals surface area contributed by atoms with Crippen LogP contribution in [0.2, 0.25) is 0 Å². The Bertz CT molecular complexity index is 1520. The lowest BCUT2D eigenvalue weighted by molar-refractivity contribution is -0.384. The molecule has 9 heteroatoms. The third-order valence-corrected chi connectivity index (χ3v) is 6.56. The summed E-state index contributed by atoms with van der Waals surface area (Å²) in [5.74, 6) is -0.318. The first kappa shape index (κ1) is 24.1. The summed E-state index contributed by atoms with van der Waals surface area (Å²) in [6.45, 7) is -0.266. The number of benzene rings is 3. The van der Waals surface area contributed by atoms with Crippen LogP contribution in [-0.2, 0) is 12.8 Å². The van der Waals surface area contributed by atoms with Gasteiger partial charge in [-0.3, -0.25) is 24.3 Å². The number of nitro groups is 1. The van der Waals surface area contributed by atoms with Crippen molar-refractivity contribution in [1.82, 2.24) is 4.57 Å². The minimum atomic E-state index is -0.597. The molecular formula is C28H25N3O6. The SMILES string of the molecule is COc1ccc(NC(=O)c2ccccc2OCC(=O)n2c3c(c4ccccc42)CCCC3)c([N+](=O)[O-])c1. The molecule has 0 radical (unpaired) electrons. The molecule has 188 valence electrons. The molecule has 0 fully saturated rings. The highest BCUT2D eigenvalue weighted by Gasteiger charge is 2.24. The normalized spacial score (nSPS) is 12.6. The zero-order valence-electron chi connectivity index (χ0n) is 20.2. The first-order valence-corrected chi connectivity index (χ1v) is 12.0. The molecule has 9 nitrogen and oxygen atoms in total. The fourth-order valence-corrected chi connectivity index (χ4v) is 4.85. The van der Waals surface area contributed by atoms with Crippen LogP contribution in [-0.4, -0.2) is 35.0 Å². The van der Waals surface area contributed by atoms with E-state index in [-0.39, 0.29) is 35.2 Å². The van der Waals surface area contributed by atoms with Gasteiger partial charge in [0, 0.05) is 11.1 Å². The van der Waals surface area contributed by atoms with Crippen molar-refractivity contribution in [1.29, 1.82) is 0 Å². The third-order valence-electron chi connectivity index (χ3n) is 6.56. The van der Waals surface area contributed by atoms with Crippen molar-refractivity contribution in [3.8, 4) is 11.5 Å². The molecule has 37 heavy (non-hydrogen) atoms. The highest BCUT2D eigenvalue weighted by Crippen LogP contribution is 2.33. The largest absolute Gasteiger partial charge is 0.496 e. The van der Waals surface area contributed by atoms with E-state index in [1.54, 1.807) is 22.8 Å². The van der Waals surface area contributed by atoms with Gasteiger partial charge >= 0.3 is 0 Å². The minimum absolute atomic E-state index is 0.0205. The van der Waals surface area contributed by atoms with Crippen LogP contribution in [0.1, 0.15) is 39.3 Å². The summed E-state index contributed by atoms with van der Waals surface area (Å²) in [5, 5.41) is 15.2. The molecule has 0 unspecified atom stereocenters. The van der Waals surface area contributed by atoms with Crippen molar-refractivity contribution in [2.24, 2.45) is 0 Å². The summed E-state index contributed by atoms with van der Waals surface area (Å²) < 4.78 is 12.6. The van der Waals surface area contributed by atoms with Crippen LogP contribution >= 0.6 is 0 Å². The van der Waals surface area contributed by atoms with E-state index in [1.807, 2.05) is 24.3 Å². The van der Waals surface area contributed by atoms with Gasteiger partial charge in [0.25, 0.3) is 17.5 Å². The number of rotatable bonds is 7. The summed E-state index contributed by atoms with van der Waals surface area (Å²) in [4.78, 5) is 37.3. The first-order chi connectivity index (χ1) is 18.0. The highest BCUT2D eigenvalue weighted by atomic mass is 16.6. The van der Waals surface area contributed by atoms with Gasteiger partial charge in [-0.25, -0.2) is 0 Å². The van der Waals surface area contributed by atoms with Crippen LogP contribution < -0.4 is 14.8 Å². The molecule has 0 aliphatic heterocycles. The molecule has 1 aliphatic carbocycles. The van der Waals surface area contributed by atoms with Gasteiger partial charge in [0.15, 0.2) is 6.61 Å². The van der Waals surface area contributed by atoms with E-state index in [1.165, 1.54) is 36.9 Å². The van der Waals surface area contributed by atoms with Crippen LogP contribution in [0.25, 0.3) is 10.9 Å². The van der Waals surface area contributed by atoms with Crippen molar-refractivity contribution < 1.29 is 24.0 Å². The predicted octanol–water partition coefficient (Wildman–Crippen LogP) is 5.41. The minimum Gasteiger partial charge on any atom is -0.496 e. The number of ether oxygens (including phenoxy) is 2. The summed E-state index contributed by atoms with van der Waals surface area (Å²) in [7, 11) is 1.40. The van der Waals surface area contributed by atoms with E-state index in [2.05, 4.69) is 5.32 Å². The van der Waals surface area contributed by atoms with Crippen molar-refractivity contribution in [2.75, 3.05) is 19.0 Å². The van der Waals surface area contributed by atoms with E-state index >= 15 is 0 Å². The number of nitrogens with one attached hydrogen (secondary N) is 1. The second-order valence-electron chi connectivity index (χ2n) is 8.76. The average Bonchev–Trinajstić information content (AvgIpc) is 3.26. The lowest BCUT2D eigenvalue weighted by atomic mass is 9.95. The van der Waals surface area contributed by atoms with Gasteiger partial charge in [0.1, 0.15) is 17.2 Å². The molecule has 0 spiro atoms. The molecule has 1 aliphatic rings. The Balaban J connectivity index is 1.38. The summed E-state index contributed by atoms with van der Waals surface area (Å²) in [5.41, 5.74) is 2.98. The number of carbonyl (C=O) groups is 2. The lowest BCUT2D eigenvalue weighted by Gasteiger charge is -2.16. The maximum atomic E-state index is 13.4. The van der Waals surface area contributed by atoms with Gasteiger partial charge in [-0.2, -0.15) is 0 Å². The molecule has 1 N–H and O–H groups in total. The number of amides is 1. The third kappa shape index (κ3) is 4.63. The van der Waals surface area contributed by atoms with E-state index in [9.17, 15) is 19.7 Å². The van der Waals surface area contributed by atoms with E-state index in [0.29, 0.717) is 5.75 Å². The molecule has 5 rings (SSSR count). The Kier molecular flexibility index (Phi) is 6.59. The number of aromatic nitrogens is 1. The predicted molar refractivity (Wildman–Crippen MR) is 139 cm³/mol. The van der Waals surface area contributed by atoms with Crippen LogP contribution in [0.4, 0.5) is 11.4 Å². The fraction of sp³-hybridized carbons (Fsp3) is 0.214. The lowest BCUT2D eigenvalue weighted by Crippen LogP contribution is -2.23. The van der Waals surface area contributed by atoms with Gasteiger partial charge in [-0.05, 0) is 61.6 Å². The zero-order valence-corrected chi connectivity index (χ0v) is 20.2. The zero-order chi connectivity index (χ0) is 25.9. The Hall–Kier alpha value is -4.66. The highest BCUT2D eigenvalue weighted by molar-refractivity contribution is 6.07. The molecular weight excluding hydrogens is 474 g/mol. The van der Waals surface area contributed by atoms with Crippen molar-refractivity contribution in [3.63, 3.8) is 0 Å². The number of carbonyl (C=O) groups excluding carboxylic acids is 2. The molecule has 1 heterocycles. The summed E-state index contributed by atoms with van der Waals surface area (Å²) in [6.07, 6.45) is 3.89. The van der Waals surface area contributed by atoms with E-state index in [4.69, 9.17) is 9.47 Å². The molecule has 0 atom stereocenters. The number of anilines is 1. The Morgan fingerprint density at radius 2 is 1.78 bits per heavy atom. The van der Waals surface area contributed by atoms with Crippen LogP contribution in [0, 0.1) is 10.1 Å². The van der Waals surface area contributed by atoms with E-state index in [0.717, 1.165) is 42.3 Å². The second-order valence-corrected chi connectivity index (χ2v) is 8.76. The smallest absolute Gasteiger partial charge is 0.296 e. The van der Waals surface area contributed by atoms with Gasteiger partial charge < -0.3 is 14.8 Å². The van der Waals surface area contributed by atoms with Gasteiger partial charge in [0.2, 0.25) is 0 Å². The van der Waals surface area contributed by atoms with E-state index < -0.39 is 10.8 Å². The summed E-state index contributed by atoms with van der Waals surface area (Å²) >= 11 is 0. The summed E-state index contributed by atoms with van der Waals surface area (Å²) in [6, 6.07) is 18.5. The average molecular weight is 500 g/mol. The second kappa shape index (κ2) is 10.1. The van der Waals surface area contributed by atoms with Crippen LogP contribution in [0.5, 0.6) is 11.5 Å². The van der Waals surface area contributed by atoms with Gasteiger partial charge in [-0.1, -0.05) is 30.3 Å². The van der Waals surface area contributed by atoms with Crippen LogP contribution in [0.15, 0.2) is 66.7 Å². The monoisotopic (exact) mass is 499 g/mol. The van der Waals surface area contributed by atoms with Crippen LogP contribution in [0.3, 0.4) is 0 Å². The number of nitro benzene ring substituents is 1. The number of nitrogens with zero attached hydrogens (tertiary/aromatic N) is 2. The van der Waals surface area contributed by atoms with Crippen molar-refractivity contribution in [2.45, 2.75) is 25.7 Å². The molecule has 0 bridgehead atoms. The van der Waals surface area contributed by atoms with Crippen molar-refractivity contribution in [3.05, 3.63) is 93.7 Å². The number of para-hydroxylation sites is 2. The maximum absolute atomic E-state index is 13.4. The Morgan fingerprint density at radius 3 is 2.59 bits per heavy atom. The molecule has 0 saturated heterocycles. The standard InChI is InChI=1S/C28H25N3O6/c1-36-18-14-15-22(25(16-18)31(34)35)29-28(33)21-10-4-7-13-26(21)37-17-27(32)30-23-11-5-2-8-19(23)20-9-3-6-12-24(20)30/h2,4-5,7-8,10-11,13-16H,3,6,9,12,17H2,1H3,(H,29,33). The Morgan fingerprint density at radius 1 is 1.03 bits per heavy atom. The quantitative estimate of drug-likeness (QED) is 0.269. The van der Waals surface area contributed by atoms with Gasteiger partial charge in [-0.15, -0.1) is 0 Å². The van der Waals surface area contributed by atoms with Gasteiger partial charge in [0.05, 0.1) is 29.2 Å². The number of aryl methyl sites for hydroxylation is 1. The number of hydrogen-bond acceptors (Lipinski definition) is 6. The molecule has 1 amide bonds. The maximum Gasteiger partial charge on any atom is 0.296 e. The topological polar surface area (TPSA) is 113 Å². The Labute approximate surface area is 212 Å². The number of fused-ring (bicyclic) bond motifs is 3. The molecule has 0 saturated carbocycles. The first-order valence-electron chi connectivity index (χ1n) is 12.0. The molecule has 1 aromatic heterocycles.